The highest BCUT2D eigenvalue weighted by Crippen LogP contribution is 2.25. The van der Waals surface area contributed by atoms with Gasteiger partial charge in [-0.25, -0.2) is 4.79 Å². The van der Waals surface area contributed by atoms with E-state index in [1.54, 1.807) is 43.7 Å². The zero-order valence-electron chi connectivity index (χ0n) is 19.5. The van der Waals surface area contributed by atoms with Crippen LogP contribution < -0.4 is 15.4 Å². The lowest BCUT2D eigenvalue weighted by atomic mass is 10.1. The van der Waals surface area contributed by atoms with Crippen LogP contribution in [0, 0.1) is 18.8 Å². The fourth-order valence-electron chi connectivity index (χ4n) is 3.59. The molecule has 1 aromatic carbocycles. The second-order valence-electron chi connectivity index (χ2n) is 7.97. The summed E-state index contributed by atoms with van der Waals surface area (Å²) in [5, 5.41) is 4.54. The van der Waals surface area contributed by atoms with Gasteiger partial charge >= 0.3 is 6.03 Å². The van der Waals surface area contributed by atoms with E-state index in [1.807, 2.05) is 37.3 Å². The smallest absolute Gasteiger partial charge is 0.322 e. The zero-order valence-corrected chi connectivity index (χ0v) is 19.5. The maximum absolute atomic E-state index is 11.5. The third-order valence-corrected chi connectivity index (χ3v) is 5.52. The van der Waals surface area contributed by atoms with Crippen molar-refractivity contribution in [2.45, 2.75) is 19.5 Å². The number of rotatable bonds is 2. The van der Waals surface area contributed by atoms with E-state index in [9.17, 15) is 14.4 Å². The second-order valence-corrected chi connectivity index (χ2v) is 7.97. The topological polar surface area (TPSA) is 114 Å². The Labute approximate surface area is 202 Å². The first-order valence-electron chi connectivity index (χ1n) is 10.8. The van der Waals surface area contributed by atoms with Crippen LogP contribution >= 0.6 is 0 Å². The fraction of sp³-hybridized carbons (Fsp3) is 0.192. The number of carbonyl (C=O) groups excluding carboxylic acids is 3. The molecule has 2 aliphatic heterocycles. The van der Waals surface area contributed by atoms with Gasteiger partial charge in [-0.05, 0) is 48.4 Å². The Morgan fingerprint density at radius 3 is 2.57 bits per heavy atom. The largest absolute Gasteiger partial charge is 0.497 e. The molecule has 0 spiro atoms. The van der Waals surface area contributed by atoms with Crippen LogP contribution in [0.4, 0.5) is 4.79 Å². The van der Waals surface area contributed by atoms with Crippen LogP contribution in [0.3, 0.4) is 0 Å². The number of pyridine rings is 2. The molecule has 2 aromatic heterocycles. The van der Waals surface area contributed by atoms with Gasteiger partial charge in [0.1, 0.15) is 5.75 Å². The van der Waals surface area contributed by atoms with Gasteiger partial charge in [-0.2, -0.15) is 0 Å². The molecule has 3 aromatic rings. The molecule has 0 bridgehead atoms. The highest BCUT2D eigenvalue weighted by atomic mass is 16.5. The quantitative estimate of drug-likeness (QED) is 0.440. The summed E-state index contributed by atoms with van der Waals surface area (Å²) < 4.78 is 5.05. The van der Waals surface area contributed by atoms with Gasteiger partial charge < -0.3 is 15.0 Å². The summed E-state index contributed by atoms with van der Waals surface area (Å²) in [7, 11) is 3.40. The maximum atomic E-state index is 11.5. The normalized spacial score (nSPS) is 15.8. The first kappa shape index (κ1) is 23.4. The average molecular weight is 470 g/mol. The summed E-state index contributed by atoms with van der Waals surface area (Å²) in [5.74, 6) is 5.91. The van der Waals surface area contributed by atoms with Gasteiger partial charge in [0.2, 0.25) is 0 Å². The molecule has 176 valence electrons. The molecule has 0 radical (unpaired) electrons. The van der Waals surface area contributed by atoms with E-state index in [0.717, 1.165) is 33.7 Å². The molecule has 0 aliphatic carbocycles. The van der Waals surface area contributed by atoms with Crippen molar-refractivity contribution in [3.05, 3.63) is 77.2 Å². The first-order valence-corrected chi connectivity index (χ1v) is 10.8. The lowest BCUT2D eigenvalue weighted by Gasteiger charge is -2.04. The Balaban J connectivity index is 0.000000189. The number of hydrogen-bond donors (Lipinski definition) is 2. The van der Waals surface area contributed by atoms with Crippen molar-refractivity contribution >= 4 is 17.8 Å². The molecule has 5 rings (SSSR count). The summed E-state index contributed by atoms with van der Waals surface area (Å²) in [6, 6.07) is 9.86. The van der Waals surface area contributed by atoms with Gasteiger partial charge in [-0.15, -0.1) is 0 Å². The molecular formula is C26H23N5O4. The molecule has 1 saturated heterocycles. The molecule has 35 heavy (non-hydrogen) atoms. The van der Waals surface area contributed by atoms with Crippen LogP contribution in [-0.2, 0) is 11.3 Å². The summed E-state index contributed by atoms with van der Waals surface area (Å²) in [6.07, 6.45) is 5.13. The van der Waals surface area contributed by atoms with E-state index in [4.69, 9.17) is 4.74 Å². The van der Waals surface area contributed by atoms with Gasteiger partial charge in [0.25, 0.3) is 11.8 Å². The number of methoxy groups -OCH3 is 1. The van der Waals surface area contributed by atoms with Crippen molar-refractivity contribution in [3.8, 4) is 28.8 Å². The van der Waals surface area contributed by atoms with Gasteiger partial charge in [-0.1, -0.05) is 17.9 Å². The number of hydrogen-bond acceptors (Lipinski definition) is 6. The highest BCUT2D eigenvalue weighted by Gasteiger charge is 2.27. The van der Waals surface area contributed by atoms with E-state index in [1.165, 1.54) is 0 Å². The van der Waals surface area contributed by atoms with Gasteiger partial charge in [-0.3, -0.25) is 24.9 Å². The zero-order chi connectivity index (χ0) is 24.9. The van der Waals surface area contributed by atoms with Crippen LogP contribution in [0.15, 0.2) is 55.0 Å². The molecule has 2 N–H and O–H groups in total. The standard InChI is InChI=1S/C16H12N4O2.C10H11NO2/c1-10-6-7-17-9-12(10)13-4-2-11(8-18-13)3-5-14-15(21)20-16(22)19-14;1-11-6-7-3-4-8(13-2)5-9(7)10(11)12/h2,4,6-9,14H,1H3,(H2,19,20,21,22);3-5H,6H2,1-2H3. The average Bonchev–Trinajstić information content (AvgIpc) is 3.34. The number of nitrogens with zero attached hydrogens (tertiary/aromatic N) is 3. The minimum Gasteiger partial charge on any atom is -0.497 e. The number of fused-ring (bicyclic) bond motifs is 1. The number of benzene rings is 1. The van der Waals surface area contributed by atoms with Crippen LogP contribution in [0.2, 0.25) is 0 Å². The Morgan fingerprint density at radius 1 is 1.09 bits per heavy atom. The Hall–Kier alpha value is -4.71. The monoisotopic (exact) mass is 469 g/mol. The molecule has 4 amide bonds. The SMILES string of the molecule is COc1ccc2c(c1)C(=O)N(C)C2.Cc1ccncc1-c1ccc(C#CC2NC(=O)NC2=O)cn1. The first-order chi connectivity index (χ1) is 16.9. The van der Waals surface area contributed by atoms with Crippen molar-refractivity contribution < 1.29 is 19.1 Å². The van der Waals surface area contributed by atoms with E-state index >= 15 is 0 Å². The molecule has 9 heteroatoms. The van der Waals surface area contributed by atoms with Crippen LogP contribution in [0.5, 0.6) is 5.75 Å². The summed E-state index contributed by atoms with van der Waals surface area (Å²) >= 11 is 0. The maximum Gasteiger partial charge on any atom is 0.322 e. The summed E-state index contributed by atoms with van der Waals surface area (Å²) in [4.78, 5) is 44.0. The van der Waals surface area contributed by atoms with Crippen molar-refractivity contribution in [1.82, 2.24) is 25.5 Å². The van der Waals surface area contributed by atoms with E-state index in [-0.39, 0.29) is 5.91 Å². The predicted molar refractivity (Wildman–Crippen MR) is 128 cm³/mol. The molecule has 1 atom stereocenters. The minimum atomic E-state index is -0.812. The number of ether oxygens (including phenoxy) is 1. The molecule has 0 saturated carbocycles. The Bertz CT molecular complexity index is 1360. The molecule has 1 unspecified atom stereocenters. The molecule has 2 aliphatic rings. The number of amides is 4. The molecular weight excluding hydrogens is 446 g/mol. The van der Waals surface area contributed by atoms with Crippen molar-refractivity contribution in [1.29, 1.82) is 0 Å². The molecule has 1 fully saturated rings. The second kappa shape index (κ2) is 10.1. The number of aromatic nitrogens is 2. The number of nitrogens with one attached hydrogen (secondary N) is 2. The summed E-state index contributed by atoms with van der Waals surface area (Å²) in [6.45, 7) is 2.70. The third kappa shape index (κ3) is 5.28. The van der Waals surface area contributed by atoms with Crippen molar-refractivity contribution in [2.75, 3.05) is 14.2 Å². The number of urea groups is 1. The Morgan fingerprint density at radius 2 is 1.91 bits per heavy atom. The third-order valence-electron chi connectivity index (χ3n) is 5.52. The molecule has 4 heterocycles. The van der Waals surface area contributed by atoms with E-state index in [0.29, 0.717) is 12.1 Å². The predicted octanol–water partition coefficient (Wildman–Crippen LogP) is 2.29. The van der Waals surface area contributed by atoms with Crippen LogP contribution in [0.1, 0.15) is 27.0 Å². The van der Waals surface area contributed by atoms with Gasteiger partial charge in [0, 0.05) is 48.9 Å². The lowest BCUT2D eigenvalue weighted by molar-refractivity contribution is -0.119. The number of imide groups is 1. The van der Waals surface area contributed by atoms with E-state index < -0.39 is 18.0 Å². The van der Waals surface area contributed by atoms with Crippen molar-refractivity contribution in [2.24, 2.45) is 0 Å². The number of carbonyl (C=O) groups is 3. The summed E-state index contributed by atoms with van der Waals surface area (Å²) in [5.41, 5.74) is 5.37. The van der Waals surface area contributed by atoms with Crippen LogP contribution in [0.25, 0.3) is 11.3 Å². The Kier molecular flexibility index (Phi) is 6.73. The lowest BCUT2D eigenvalue weighted by Crippen LogP contribution is -2.26. The number of aryl methyl sites for hydroxylation is 1. The van der Waals surface area contributed by atoms with Gasteiger partial charge in [0.15, 0.2) is 6.04 Å². The molecule has 9 nitrogen and oxygen atoms in total. The highest BCUT2D eigenvalue weighted by molar-refractivity contribution is 6.05. The van der Waals surface area contributed by atoms with Gasteiger partial charge in [0.05, 0.1) is 12.8 Å². The van der Waals surface area contributed by atoms with E-state index in [2.05, 4.69) is 32.4 Å². The van der Waals surface area contributed by atoms with Crippen LogP contribution in [-0.4, -0.2) is 52.9 Å². The minimum absolute atomic E-state index is 0.0777. The fourth-order valence-corrected chi connectivity index (χ4v) is 3.59. The van der Waals surface area contributed by atoms with Crippen molar-refractivity contribution in [3.63, 3.8) is 0 Å².